The maximum atomic E-state index is 12.2. The zero-order valence-corrected chi connectivity index (χ0v) is 16.4. The van der Waals surface area contributed by atoms with E-state index in [9.17, 15) is 19.2 Å². The lowest BCUT2D eigenvalue weighted by Gasteiger charge is -2.13. The molecular weight excluding hydrogens is 364 g/mol. The summed E-state index contributed by atoms with van der Waals surface area (Å²) >= 11 is 0. The van der Waals surface area contributed by atoms with Crippen LogP contribution in [-0.4, -0.2) is 46.5 Å². The van der Waals surface area contributed by atoms with Crippen molar-refractivity contribution in [2.45, 2.75) is 40.3 Å². The third kappa shape index (κ3) is 4.73. The van der Waals surface area contributed by atoms with Gasteiger partial charge in [0.1, 0.15) is 11.7 Å². The third-order valence-corrected chi connectivity index (χ3v) is 4.12. The Morgan fingerprint density at radius 1 is 1.25 bits per heavy atom. The van der Waals surface area contributed by atoms with Gasteiger partial charge in [0.2, 0.25) is 5.91 Å². The van der Waals surface area contributed by atoms with Gasteiger partial charge in [-0.3, -0.25) is 14.4 Å². The zero-order valence-electron chi connectivity index (χ0n) is 16.4. The van der Waals surface area contributed by atoms with Crippen molar-refractivity contribution in [1.29, 1.82) is 0 Å². The van der Waals surface area contributed by atoms with E-state index in [1.807, 2.05) is 6.92 Å². The number of carbonyl (C=O) groups excluding carboxylic acids is 3. The number of nitrogens with zero attached hydrogens (tertiary/aromatic N) is 2. The fourth-order valence-electron chi connectivity index (χ4n) is 2.71. The molecule has 2 aromatic rings. The lowest BCUT2D eigenvalue weighted by Crippen LogP contribution is -2.46. The van der Waals surface area contributed by atoms with Crippen LogP contribution < -0.4 is 16.2 Å². The van der Waals surface area contributed by atoms with Crippen LogP contribution in [0, 0.1) is 6.92 Å². The van der Waals surface area contributed by atoms with Gasteiger partial charge in [0.25, 0.3) is 11.5 Å². The highest BCUT2D eigenvalue weighted by molar-refractivity contribution is 5.95. The molecule has 0 spiro atoms. The number of hydrogen-bond acceptors (Lipinski definition) is 6. The topological polar surface area (TPSA) is 119 Å². The van der Waals surface area contributed by atoms with Crippen molar-refractivity contribution in [3.63, 3.8) is 0 Å². The summed E-state index contributed by atoms with van der Waals surface area (Å²) in [5, 5.41) is 5.03. The minimum absolute atomic E-state index is 0.178. The molecule has 1 aromatic carbocycles. The minimum atomic E-state index is -0.732. The SMILES string of the molecule is CCNC(=O)[C@@H](C)NC(=O)COC(=O)c1ccc2c(c1)nc(C)c(=O)n2CC. The van der Waals surface area contributed by atoms with Gasteiger partial charge in [0.05, 0.1) is 16.6 Å². The number of fused-ring (bicyclic) bond motifs is 1. The quantitative estimate of drug-likeness (QED) is 0.668. The van der Waals surface area contributed by atoms with Crippen molar-refractivity contribution < 1.29 is 19.1 Å². The van der Waals surface area contributed by atoms with Crippen LogP contribution in [-0.2, 0) is 20.9 Å². The monoisotopic (exact) mass is 388 g/mol. The Balaban J connectivity index is 2.07. The molecule has 2 amide bonds. The molecule has 1 heterocycles. The van der Waals surface area contributed by atoms with Gasteiger partial charge in [-0.1, -0.05) is 0 Å². The van der Waals surface area contributed by atoms with Crippen molar-refractivity contribution in [2.75, 3.05) is 13.2 Å². The maximum absolute atomic E-state index is 12.2. The van der Waals surface area contributed by atoms with Crippen LogP contribution in [0.4, 0.5) is 0 Å². The number of carbonyl (C=O) groups is 3. The van der Waals surface area contributed by atoms with Gasteiger partial charge >= 0.3 is 5.97 Å². The third-order valence-electron chi connectivity index (χ3n) is 4.12. The van der Waals surface area contributed by atoms with Crippen molar-refractivity contribution in [2.24, 2.45) is 0 Å². The van der Waals surface area contributed by atoms with Crippen LogP contribution >= 0.6 is 0 Å². The minimum Gasteiger partial charge on any atom is -0.452 e. The summed E-state index contributed by atoms with van der Waals surface area (Å²) in [5.41, 5.74) is 1.47. The molecule has 0 radical (unpaired) electrons. The molecule has 0 aliphatic carbocycles. The van der Waals surface area contributed by atoms with Crippen molar-refractivity contribution in [3.8, 4) is 0 Å². The number of ether oxygens (including phenoxy) is 1. The van der Waals surface area contributed by atoms with E-state index in [1.54, 1.807) is 24.5 Å². The lowest BCUT2D eigenvalue weighted by molar-refractivity contribution is -0.130. The molecular formula is C19H24N4O5. The normalized spacial score (nSPS) is 11.7. The summed E-state index contributed by atoms with van der Waals surface area (Å²) in [6.45, 7) is 7.19. The Kier molecular flexibility index (Phi) is 6.86. The highest BCUT2D eigenvalue weighted by Crippen LogP contribution is 2.14. The highest BCUT2D eigenvalue weighted by atomic mass is 16.5. The van der Waals surface area contributed by atoms with E-state index >= 15 is 0 Å². The molecule has 1 atom stereocenters. The molecule has 2 rings (SSSR count). The highest BCUT2D eigenvalue weighted by Gasteiger charge is 2.17. The second-order valence-electron chi connectivity index (χ2n) is 6.21. The first-order valence-electron chi connectivity index (χ1n) is 9.03. The Morgan fingerprint density at radius 3 is 2.61 bits per heavy atom. The summed E-state index contributed by atoms with van der Waals surface area (Å²) in [6.07, 6.45) is 0. The molecule has 9 nitrogen and oxygen atoms in total. The molecule has 0 aliphatic rings. The summed E-state index contributed by atoms with van der Waals surface area (Å²) < 4.78 is 6.58. The molecule has 0 saturated heterocycles. The van der Waals surface area contributed by atoms with Crippen LogP contribution in [0.25, 0.3) is 11.0 Å². The molecule has 1 aromatic heterocycles. The van der Waals surface area contributed by atoms with Gasteiger partial charge in [-0.05, 0) is 45.9 Å². The molecule has 150 valence electrons. The van der Waals surface area contributed by atoms with Gasteiger partial charge in [0, 0.05) is 13.1 Å². The molecule has 28 heavy (non-hydrogen) atoms. The van der Waals surface area contributed by atoms with E-state index in [4.69, 9.17) is 4.74 Å². The van der Waals surface area contributed by atoms with Crippen LogP contribution in [0.1, 0.15) is 36.8 Å². The molecule has 0 saturated carbocycles. The molecule has 0 bridgehead atoms. The molecule has 0 fully saturated rings. The predicted octanol–water partition coefficient (Wildman–Crippen LogP) is 0.522. The fourth-order valence-corrected chi connectivity index (χ4v) is 2.71. The molecule has 9 heteroatoms. The number of hydrogen-bond donors (Lipinski definition) is 2. The van der Waals surface area contributed by atoms with Crippen LogP contribution in [0.5, 0.6) is 0 Å². The Bertz CT molecular complexity index is 967. The Labute approximate surface area is 162 Å². The van der Waals surface area contributed by atoms with E-state index < -0.39 is 24.5 Å². The number of benzene rings is 1. The lowest BCUT2D eigenvalue weighted by atomic mass is 10.2. The van der Waals surface area contributed by atoms with E-state index in [0.717, 1.165) is 0 Å². The zero-order chi connectivity index (χ0) is 20.8. The molecule has 0 unspecified atom stereocenters. The van der Waals surface area contributed by atoms with Crippen molar-refractivity contribution in [1.82, 2.24) is 20.2 Å². The van der Waals surface area contributed by atoms with Crippen LogP contribution in [0.2, 0.25) is 0 Å². The maximum Gasteiger partial charge on any atom is 0.338 e. The van der Waals surface area contributed by atoms with Crippen LogP contribution in [0.3, 0.4) is 0 Å². The number of amides is 2. The van der Waals surface area contributed by atoms with Gasteiger partial charge < -0.3 is 19.9 Å². The van der Waals surface area contributed by atoms with E-state index in [-0.39, 0.29) is 17.0 Å². The summed E-state index contributed by atoms with van der Waals surface area (Å²) in [7, 11) is 0. The molecule has 2 N–H and O–H groups in total. The van der Waals surface area contributed by atoms with Crippen LogP contribution in [0.15, 0.2) is 23.0 Å². The predicted molar refractivity (Wildman–Crippen MR) is 103 cm³/mol. The number of likely N-dealkylation sites (N-methyl/N-ethyl adjacent to an activating group) is 1. The smallest absolute Gasteiger partial charge is 0.338 e. The second-order valence-corrected chi connectivity index (χ2v) is 6.21. The van der Waals surface area contributed by atoms with Crippen molar-refractivity contribution in [3.05, 3.63) is 39.8 Å². The number of esters is 1. The number of rotatable bonds is 7. The summed E-state index contributed by atoms with van der Waals surface area (Å²) in [4.78, 5) is 52.1. The Morgan fingerprint density at radius 2 is 1.96 bits per heavy atom. The number of nitrogens with one attached hydrogen (secondary N) is 2. The van der Waals surface area contributed by atoms with E-state index in [2.05, 4.69) is 15.6 Å². The van der Waals surface area contributed by atoms with Gasteiger partial charge in [0.15, 0.2) is 6.61 Å². The average molecular weight is 388 g/mol. The van der Waals surface area contributed by atoms with E-state index in [0.29, 0.717) is 29.8 Å². The van der Waals surface area contributed by atoms with Gasteiger partial charge in [-0.25, -0.2) is 9.78 Å². The second kappa shape index (κ2) is 9.12. The fraction of sp³-hybridized carbons (Fsp3) is 0.421. The largest absolute Gasteiger partial charge is 0.452 e. The van der Waals surface area contributed by atoms with Gasteiger partial charge in [-0.2, -0.15) is 0 Å². The van der Waals surface area contributed by atoms with E-state index in [1.165, 1.54) is 19.1 Å². The first-order chi connectivity index (χ1) is 13.3. The average Bonchev–Trinajstić information content (AvgIpc) is 2.67. The molecule has 0 aliphatic heterocycles. The standard InChI is InChI=1S/C19H24N4O5/c1-5-20-17(25)11(3)22-16(24)10-28-19(27)13-7-8-15-14(9-13)21-12(4)18(26)23(15)6-2/h7-9,11H,5-6,10H2,1-4H3,(H,20,25)(H,22,24)/t11-/m1/s1. The van der Waals surface area contributed by atoms with Gasteiger partial charge in [-0.15, -0.1) is 0 Å². The first-order valence-corrected chi connectivity index (χ1v) is 9.03. The first kappa shape index (κ1) is 21.1. The number of aryl methyl sites for hydroxylation is 2. The van der Waals surface area contributed by atoms with Crippen molar-refractivity contribution >= 4 is 28.8 Å². The Hall–Kier alpha value is -3.23. The summed E-state index contributed by atoms with van der Waals surface area (Å²) in [6, 6.07) is 3.93. The number of aromatic nitrogens is 2. The summed E-state index contributed by atoms with van der Waals surface area (Å²) in [5.74, 6) is -1.60.